The lowest BCUT2D eigenvalue weighted by atomic mass is 10.1. The molecule has 4 heteroatoms. The predicted molar refractivity (Wildman–Crippen MR) is 72.4 cm³/mol. The van der Waals surface area contributed by atoms with Crippen molar-refractivity contribution >= 4 is 21.6 Å². The van der Waals surface area contributed by atoms with Crippen LogP contribution in [0.2, 0.25) is 0 Å². The van der Waals surface area contributed by atoms with Crippen LogP contribution in [-0.4, -0.2) is 6.54 Å². The van der Waals surface area contributed by atoms with Crippen molar-refractivity contribution in [1.82, 2.24) is 0 Å². The third-order valence-corrected chi connectivity index (χ3v) is 3.43. The molecule has 2 nitrogen and oxygen atoms in total. The molecule has 92 valence electrons. The molecule has 18 heavy (non-hydrogen) atoms. The Morgan fingerprint density at radius 2 is 2.06 bits per heavy atom. The zero-order valence-corrected chi connectivity index (χ0v) is 11.1. The van der Waals surface area contributed by atoms with Crippen LogP contribution >= 0.6 is 15.9 Å². The summed E-state index contributed by atoms with van der Waals surface area (Å²) in [5.74, 6) is 0.516. The fourth-order valence-electron chi connectivity index (χ4n) is 2.05. The fourth-order valence-corrected chi connectivity index (χ4v) is 2.41. The van der Waals surface area contributed by atoms with Gasteiger partial charge in [0, 0.05) is 10.0 Å². The van der Waals surface area contributed by atoms with E-state index in [0.29, 0.717) is 12.1 Å². The van der Waals surface area contributed by atoms with Gasteiger partial charge in [0.2, 0.25) is 0 Å². The Labute approximate surface area is 113 Å². The minimum Gasteiger partial charge on any atom is -0.482 e. The van der Waals surface area contributed by atoms with Gasteiger partial charge in [0.25, 0.3) is 0 Å². The topological polar surface area (TPSA) is 21.3 Å². The largest absolute Gasteiger partial charge is 0.482 e. The summed E-state index contributed by atoms with van der Waals surface area (Å²) in [7, 11) is 0. The lowest BCUT2D eigenvalue weighted by Gasteiger charge is -2.28. The molecule has 2 aromatic rings. The van der Waals surface area contributed by atoms with Gasteiger partial charge in [0.05, 0.1) is 12.2 Å². The number of nitrogens with one attached hydrogen (secondary N) is 1. The summed E-state index contributed by atoms with van der Waals surface area (Å²) in [6, 6.07) is 12.4. The lowest BCUT2D eigenvalue weighted by Crippen LogP contribution is -2.24. The number of anilines is 1. The second-order valence-corrected chi connectivity index (χ2v) is 5.07. The quantitative estimate of drug-likeness (QED) is 0.855. The maximum atomic E-state index is 13.7. The first-order valence-electron chi connectivity index (χ1n) is 5.68. The Morgan fingerprint density at radius 1 is 1.22 bits per heavy atom. The van der Waals surface area contributed by atoms with Gasteiger partial charge < -0.3 is 10.1 Å². The number of hydrogen-bond donors (Lipinski definition) is 1. The summed E-state index contributed by atoms with van der Waals surface area (Å²) >= 11 is 3.41. The highest BCUT2D eigenvalue weighted by molar-refractivity contribution is 9.10. The van der Waals surface area contributed by atoms with Gasteiger partial charge in [-0.15, -0.1) is 0 Å². The Morgan fingerprint density at radius 3 is 2.89 bits per heavy atom. The predicted octanol–water partition coefficient (Wildman–Crippen LogP) is 4.13. The molecule has 2 aromatic carbocycles. The van der Waals surface area contributed by atoms with Crippen molar-refractivity contribution in [3.63, 3.8) is 0 Å². The summed E-state index contributed by atoms with van der Waals surface area (Å²) in [5.41, 5.74) is 1.51. The Bertz CT molecular complexity index is 588. The van der Waals surface area contributed by atoms with Crippen molar-refractivity contribution in [2.75, 3.05) is 11.9 Å². The van der Waals surface area contributed by atoms with E-state index in [1.54, 1.807) is 12.1 Å². The Kier molecular flexibility index (Phi) is 2.96. The van der Waals surface area contributed by atoms with Gasteiger partial charge in [-0.2, -0.15) is 0 Å². The molecule has 1 aliphatic rings. The van der Waals surface area contributed by atoms with E-state index in [4.69, 9.17) is 4.74 Å². The molecule has 0 radical (unpaired) electrons. The molecule has 0 fully saturated rings. The van der Waals surface area contributed by atoms with Crippen LogP contribution in [0.3, 0.4) is 0 Å². The van der Waals surface area contributed by atoms with E-state index in [2.05, 4.69) is 21.2 Å². The molecule has 1 aliphatic heterocycles. The third kappa shape index (κ3) is 2.08. The molecule has 0 bridgehead atoms. The number of benzene rings is 2. The van der Waals surface area contributed by atoms with E-state index < -0.39 is 0 Å². The molecule has 1 unspecified atom stereocenters. The highest BCUT2D eigenvalue weighted by Crippen LogP contribution is 2.36. The minimum atomic E-state index is -0.292. The van der Waals surface area contributed by atoms with E-state index in [1.165, 1.54) is 6.07 Å². The number of halogens is 2. The van der Waals surface area contributed by atoms with Crippen molar-refractivity contribution in [1.29, 1.82) is 0 Å². The average Bonchev–Trinajstić information content (AvgIpc) is 2.39. The number of hydrogen-bond acceptors (Lipinski definition) is 2. The molecule has 0 spiro atoms. The van der Waals surface area contributed by atoms with Gasteiger partial charge >= 0.3 is 0 Å². The molecule has 0 saturated heterocycles. The third-order valence-electron chi connectivity index (χ3n) is 2.94. The van der Waals surface area contributed by atoms with Crippen molar-refractivity contribution < 1.29 is 9.13 Å². The van der Waals surface area contributed by atoms with Crippen LogP contribution in [0.4, 0.5) is 10.1 Å². The molecule has 3 rings (SSSR count). The van der Waals surface area contributed by atoms with Crippen molar-refractivity contribution in [2.24, 2.45) is 0 Å². The molecule has 0 saturated carbocycles. The van der Waals surface area contributed by atoms with E-state index in [-0.39, 0.29) is 11.9 Å². The number of rotatable bonds is 1. The summed E-state index contributed by atoms with van der Waals surface area (Å²) in [6.07, 6.45) is -0.292. The Hall–Kier alpha value is -1.55. The van der Waals surface area contributed by atoms with E-state index in [9.17, 15) is 4.39 Å². The normalized spacial score (nSPS) is 17.6. The molecular formula is C14H11BrFNO. The molecule has 0 amide bonds. The van der Waals surface area contributed by atoms with Crippen molar-refractivity contribution in [3.8, 4) is 5.75 Å². The van der Waals surface area contributed by atoms with Crippen LogP contribution in [0.1, 0.15) is 11.7 Å². The SMILES string of the molecule is Fc1ccccc1C1CNc2cc(Br)ccc2O1. The highest BCUT2D eigenvalue weighted by atomic mass is 79.9. The monoisotopic (exact) mass is 307 g/mol. The van der Waals surface area contributed by atoms with Crippen LogP contribution in [0, 0.1) is 5.82 Å². The van der Waals surface area contributed by atoms with Crippen LogP contribution in [-0.2, 0) is 0 Å². The van der Waals surface area contributed by atoms with E-state index >= 15 is 0 Å². The number of fused-ring (bicyclic) bond motifs is 1. The minimum absolute atomic E-state index is 0.232. The second kappa shape index (κ2) is 4.61. The van der Waals surface area contributed by atoms with Crippen molar-refractivity contribution in [2.45, 2.75) is 6.10 Å². The standard InChI is InChI=1S/C14H11BrFNO/c15-9-5-6-13-12(7-9)17-8-14(18-13)10-3-1-2-4-11(10)16/h1-7,14,17H,8H2. The van der Waals surface area contributed by atoms with Gasteiger partial charge in [-0.25, -0.2) is 4.39 Å². The van der Waals surface area contributed by atoms with Gasteiger partial charge in [0.15, 0.2) is 0 Å². The summed E-state index contributed by atoms with van der Waals surface area (Å²) in [6.45, 7) is 0.560. The average molecular weight is 308 g/mol. The maximum Gasteiger partial charge on any atom is 0.144 e. The van der Waals surface area contributed by atoms with Crippen LogP contribution < -0.4 is 10.1 Å². The molecule has 1 N–H and O–H groups in total. The first-order valence-corrected chi connectivity index (χ1v) is 6.48. The zero-order chi connectivity index (χ0) is 12.5. The molecular weight excluding hydrogens is 297 g/mol. The molecule has 1 atom stereocenters. The van der Waals surface area contributed by atoms with E-state index in [0.717, 1.165) is 15.9 Å². The zero-order valence-electron chi connectivity index (χ0n) is 9.49. The first-order chi connectivity index (χ1) is 8.74. The molecule has 0 aliphatic carbocycles. The van der Waals surface area contributed by atoms with Gasteiger partial charge in [-0.05, 0) is 24.3 Å². The van der Waals surface area contributed by atoms with E-state index in [1.807, 2.05) is 24.3 Å². The second-order valence-electron chi connectivity index (χ2n) is 4.15. The maximum absolute atomic E-state index is 13.7. The van der Waals surface area contributed by atoms with Gasteiger partial charge in [-0.1, -0.05) is 34.1 Å². The summed E-state index contributed by atoms with van der Waals surface area (Å²) in [5, 5.41) is 3.26. The Balaban J connectivity index is 1.92. The number of ether oxygens (including phenoxy) is 1. The molecule has 0 aromatic heterocycles. The fraction of sp³-hybridized carbons (Fsp3) is 0.143. The lowest BCUT2D eigenvalue weighted by molar-refractivity contribution is 0.205. The smallest absolute Gasteiger partial charge is 0.144 e. The van der Waals surface area contributed by atoms with Crippen LogP contribution in [0.15, 0.2) is 46.9 Å². The summed E-state index contributed by atoms with van der Waals surface area (Å²) in [4.78, 5) is 0. The van der Waals surface area contributed by atoms with Gasteiger partial charge in [0.1, 0.15) is 17.7 Å². The van der Waals surface area contributed by atoms with Gasteiger partial charge in [-0.3, -0.25) is 0 Å². The molecule has 1 heterocycles. The first kappa shape index (κ1) is 11.5. The van der Waals surface area contributed by atoms with Crippen molar-refractivity contribution in [3.05, 3.63) is 58.3 Å². The highest BCUT2D eigenvalue weighted by Gasteiger charge is 2.23. The summed E-state index contributed by atoms with van der Waals surface area (Å²) < 4.78 is 20.5. The van der Waals surface area contributed by atoms with Crippen LogP contribution in [0.25, 0.3) is 0 Å². The van der Waals surface area contributed by atoms with Crippen LogP contribution in [0.5, 0.6) is 5.75 Å².